The van der Waals surface area contributed by atoms with Crippen molar-refractivity contribution in [3.63, 3.8) is 0 Å². The summed E-state index contributed by atoms with van der Waals surface area (Å²) in [6.45, 7) is 7.45. The average molecular weight is 306 g/mol. The smallest absolute Gasteiger partial charge is 0.248 e. The molecule has 3 rings (SSSR count). The van der Waals surface area contributed by atoms with E-state index >= 15 is 0 Å². The first-order chi connectivity index (χ1) is 10.6. The number of rotatable bonds is 3. The first-order valence-electron chi connectivity index (χ1n) is 8.18. The summed E-state index contributed by atoms with van der Waals surface area (Å²) in [4.78, 5) is 16.1. The summed E-state index contributed by atoms with van der Waals surface area (Å²) in [5, 5.41) is 4.41. The van der Waals surface area contributed by atoms with Crippen molar-refractivity contribution in [1.82, 2.24) is 19.6 Å². The van der Waals surface area contributed by atoms with Gasteiger partial charge in [0.2, 0.25) is 5.91 Å². The number of likely N-dealkylation sites (tertiary alicyclic amines) is 1. The van der Waals surface area contributed by atoms with Crippen LogP contribution < -0.4 is 0 Å². The second kappa shape index (κ2) is 6.38. The Hall–Kier alpha value is -1.40. The molecule has 0 radical (unpaired) electrons. The molecule has 0 bridgehead atoms. The van der Waals surface area contributed by atoms with Gasteiger partial charge in [0.25, 0.3) is 0 Å². The van der Waals surface area contributed by atoms with Crippen LogP contribution in [-0.4, -0.2) is 64.4 Å². The quantitative estimate of drug-likeness (QED) is 0.844. The third-order valence-electron chi connectivity index (χ3n) is 4.84. The van der Waals surface area contributed by atoms with Crippen LogP contribution in [0.4, 0.5) is 0 Å². The number of aromatic nitrogens is 2. The maximum absolute atomic E-state index is 11.8. The molecule has 6 heteroatoms. The Balaban J connectivity index is 1.65. The predicted molar refractivity (Wildman–Crippen MR) is 83.4 cm³/mol. The van der Waals surface area contributed by atoms with E-state index in [0.29, 0.717) is 6.04 Å². The Morgan fingerprint density at radius 3 is 2.91 bits per heavy atom. The topological polar surface area (TPSA) is 50.6 Å². The van der Waals surface area contributed by atoms with Crippen LogP contribution in [0.1, 0.15) is 38.4 Å². The Bertz CT molecular complexity index is 528. The fourth-order valence-corrected chi connectivity index (χ4v) is 3.54. The minimum atomic E-state index is 0.104. The van der Waals surface area contributed by atoms with E-state index in [-0.39, 0.29) is 24.7 Å². The summed E-state index contributed by atoms with van der Waals surface area (Å²) < 4.78 is 7.84. The highest BCUT2D eigenvalue weighted by Crippen LogP contribution is 2.24. The third-order valence-corrected chi connectivity index (χ3v) is 4.84. The molecule has 2 saturated heterocycles. The van der Waals surface area contributed by atoms with Crippen LogP contribution in [0.15, 0.2) is 12.3 Å². The van der Waals surface area contributed by atoms with Crippen molar-refractivity contribution < 1.29 is 9.53 Å². The molecule has 0 aliphatic carbocycles. The van der Waals surface area contributed by atoms with Gasteiger partial charge in [-0.1, -0.05) is 0 Å². The van der Waals surface area contributed by atoms with Gasteiger partial charge in [0.05, 0.1) is 17.8 Å². The van der Waals surface area contributed by atoms with E-state index in [0.717, 1.165) is 32.5 Å². The van der Waals surface area contributed by atoms with Crippen molar-refractivity contribution >= 4 is 5.91 Å². The SMILES string of the molecule is CC(C)n1nccc1CN1CC[C@@H]2OCC(=O)N(C)[C@H]2CC1. The van der Waals surface area contributed by atoms with Crippen molar-refractivity contribution in [3.05, 3.63) is 18.0 Å². The lowest BCUT2D eigenvalue weighted by atomic mass is 10.0. The molecule has 2 aliphatic heterocycles. The van der Waals surface area contributed by atoms with E-state index in [4.69, 9.17) is 4.74 Å². The van der Waals surface area contributed by atoms with Crippen LogP contribution in [0, 0.1) is 0 Å². The highest BCUT2D eigenvalue weighted by atomic mass is 16.5. The fraction of sp³-hybridized carbons (Fsp3) is 0.750. The molecule has 3 heterocycles. The number of carbonyl (C=O) groups is 1. The summed E-state index contributed by atoms with van der Waals surface area (Å²) in [7, 11) is 1.91. The number of fused-ring (bicyclic) bond motifs is 1. The molecule has 1 aromatic rings. The van der Waals surface area contributed by atoms with Crippen LogP contribution in [0.2, 0.25) is 0 Å². The van der Waals surface area contributed by atoms with E-state index in [9.17, 15) is 4.79 Å². The number of ether oxygens (including phenoxy) is 1. The molecule has 0 aromatic carbocycles. The Kier molecular flexibility index (Phi) is 4.49. The molecule has 0 saturated carbocycles. The van der Waals surface area contributed by atoms with E-state index in [1.807, 2.05) is 18.1 Å². The lowest BCUT2D eigenvalue weighted by Crippen LogP contribution is -2.52. The monoisotopic (exact) mass is 306 g/mol. The number of carbonyl (C=O) groups excluding carboxylic acids is 1. The predicted octanol–water partition coefficient (Wildman–Crippen LogP) is 1.29. The number of likely N-dealkylation sites (N-methyl/N-ethyl adjacent to an activating group) is 1. The molecule has 6 nitrogen and oxygen atoms in total. The molecule has 22 heavy (non-hydrogen) atoms. The van der Waals surface area contributed by atoms with Gasteiger partial charge in [0.15, 0.2) is 0 Å². The standard InChI is InChI=1S/C16H26N4O2/c1-12(2)20-13(4-7-17-20)10-19-8-5-14-15(6-9-19)22-11-16(21)18(14)3/h4,7,12,14-15H,5-6,8-11H2,1-3H3/t14-,15-/m0/s1. The maximum atomic E-state index is 11.8. The first kappa shape index (κ1) is 15.5. The van der Waals surface area contributed by atoms with Gasteiger partial charge in [0.1, 0.15) is 6.61 Å². The zero-order valence-corrected chi connectivity index (χ0v) is 13.7. The van der Waals surface area contributed by atoms with Gasteiger partial charge in [-0.2, -0.15) is 5.10 Å². The molecule has 2 aliphatic rings. The van der Waals surface area contributed by atoms with E-state index in [1.165, 1.54) is 5.69 Å². The Labute approximate surface area is 132 Å². The first-order valence-corrected chi connectivity index (χ1v) is 8.18. The van der Waals surface area contributed by atoms with Gasteiger partial charge in [-0.05, 0) is 32.8 Å². The third kappa shape index (κ3) is 3.03. The Morgan fingerprint density at radius 2 is 2.14 bits per heavy atom. The molecule has 0 unspecified atom stereocenters. The van der Waals surface area contributed by atoms with Crippen LogP contribution in [0.25, 0.3) is 0 Å². The van der Waals surface area contributed by atoms with Gasteiger partial charge >= 0.3 is 0 Å². The molecule has 0 N–H and O–H groups in total. The van der Waals surface area contributed by atoms with E-state index in [1.54, 1.807) is 0 Å². The van der Waals surface area contributed by atoms with Gasteiger partial charge < -0.3 is 9.64 Å². The molecular formula is C16H26N4O2. The minimum Gasteiger partial charge on any atom is -0.366 e. The van der Waals surface area contributed by atoms with Crippen molar-refractivity contribution in [2.75, 3.05) is 26.7 Å². The maximum Gasteiger partial charge on any atom is 0.248 e. The largest absolute Gasteiger partial charge is 0.366 e. The van der Waals surface area contributed by atoms with Crippen LogP contribution in [-0.2, 0) is 16.1 Å². The highest BCUT2D eigenvalue weighted by molar-refractivity contribution is 5.78. The summed E-state index contributed by atoms with van der Waals surface area (Å²) >= 11 is 0. The van der Waals surface area contributed by atoms with Crippen LogP contribution in [0.3, 0.4) is 0 Å². The van der Waals surface area contributed by atoms with E-state index < -0.39 is 0 Å². The van der Waals surface area contributed by atoms with Gasteiger partial charge in [-0.3, -0.25) is 14.4 Å². The average Bonchev–Trinajstić information content (AvgIpc) is 2.85. The summed E-state index contributed by atoms with van der Waals surface area (Å²) in [6, 6.07) is 2.71. The van der Waals surface area contributed by atoms with Gasteiger partial charge in [0, 0.05) is 38.9 Å². The molecule has 1 aromatic heterocycles. The number of nitrogens with zero attached hydrogens (tertiary/aromatic N) is 4. The zero-order valence-electron chi connectivity index (χ0n) is 13.7. The van der Waals surface area contributed by atoms with Crippen molar-refractivity contribution in [3.8, 4) is 0 Å². The molecule has 0 spiro atoms. The number of amides is 1. The van der Waals surface area contributed by atoms with Gasteiger partial charge in [-0.15, -0.1) is 0 Å². The van der Waals surface area contributed by atoms with Crippen molar-refractivity contribution in [2.45, 2.75) is 51.4 Å². The number of hydrogen-bond acceptors (Lipinski definition) is 4. The number of hydrogen-bond donors (Lipinski definition) is 0. The minimum absolute atomic E-state index is 0.104. The highest BCUT2D eigenvalue weighted by Gasteiger charge is 2.36. The number of morpholine rings is 1. The zero-order chi connectivity index (χ0) is 15.7. The molecule has 1 amide bonds. The lowest BCUT2D eigenvalue weighted by Gasteiger charge is -2.37. The molecule has 2 atom stereocenters. The lowest BCUT2D eigenvalue weighted by molar-refractivity contribution is -0.154. The Morgan fingerprint density at radius 1 is 1.36 bits per heavy atom. The molecule has 2 fully saturated rings. The summed E-state index contributed by atoms with van der Waals surface area (Å²) in [6.07, 6.45) is 4.02. The van der Waals surface area contributed by atoms with Crippen LogP contribution in [0.5, 0.6) is 0 Å². The van der Waals surface area contributed by atoms with Crippen molar-refractivity contribution in [1.29, 1.82) is 0 Å². The van der Waals surface area contributed by atoms with E-state index in [2.05, 4.69) is 34.6 Å². The second-order valence-corrected chi connectivity index (χ2v) is 6.64. The summed E-state index contributed by atoms with van der Waals surface area (Å²) in [5.74, 6) is 0.104. The van der Waals surface area contributed by atoms with Gasteiger partial charge in [-0.25, -0.2) is 0 Å². The normalized spacial score (nSPS) is 27.1. The molecule has 122 valence electrons. The molecular weight excluding hydrogens is 280 g/mol. The fourth-order valence-electron chi connectivity index (χ4n) is 3.54. The van der Waals surface area contributed by atoms with Crippen LogP contribution >= 0.6 is 0 Å². The van der Waals surface area contributed by atoms with Crippen molar-refractivity contribution in [2.24, 2.45) is 0 Å². The second-order valence-electron chi connectivity index (χ2n) is 6.64. The summed E-state index contributed by atoms with van der Waals surface area (Å²) in [5.41, 5.74) is 1.25.